The quantitative estimate of drug-likeness (QED) is 0.192. The molecule has 0 bridgehead atoms. The van der Waals surface area contributed by atoms with Gasteiger partial charge in [0.05, 0.1) is 12.2 Å². The molecule has 0 aromatic carbocycles. The van der Waals surface area contributed by atoms with E-state index < -0.39 is 14.4 Å². The molecular weight excluding hydrogens is 328 g/mol. The van der Waals surface area contributed by atoms with Gasteiger partial charge in [-0.15, -0.1) is 6.58 Å². The maximum atomic E-state index is 10.6. The molecule has 0 saturated carbocycles. The zero-order valence-corrected chi connectivity index (χ0v) is 18.5. The number of ether oxygens (including phenoxy) is 1. The molecule has 4 atom stereocenters. The van der Waals surface area contributed by atoms with E-state index in [4.69, 9.17) is 9.16 Å². The third-order valence-electron chi connectivity index (χ3n) is 5.86. The van der Waals surface area contributed by atoms with E-state index in [1.807, 2.05) is 0 Å². The highest BCUT2D eigenvalue weighted by molar-refractivity contribution is 6.74. The maximum absolute atomic E-state index is 10.6. The molecule has 0 aromatic heterocycles. The van der Waals surface area contributed by atoms with Crippen molar-refractivity contribution in [3.63, 3.8) is 0 Å². The molecule has 0 amide bonds. The van der Waals surface area contributed by atoms with E-state index in [2.05, 4.69) is 47.4 Å². The Labute approximate surface area is 157 Å². The monoisotopic (exact) mass is 370 g/mol. The summed E-state index contributed by atoms with van der Waals surface area (Å²) in [5.41, 5.74) is 0. The summed E-state index contributed by atoms with van der Waals surface area (Å²) >= 11 is 0. The number of hydrogen-bond acceptors (Lipinski definition) is 3. The first-order valence-corrected chi connectivity index (χ1v) is 13.2. The van der Waals surface area contributed by atoms with Crippen LogP contribution in [0.1, 0.15) is 79.1 Å². The molecule has 0 aromatic rings. The molecule has 0 spiro atoms. The molecule has 1 fully saturated rings. The average Bonchev–Trinajstić information content (AvgIpc) is 3.29. The number of epoxide rings is 1. The van der Waals surface area contributed by atoms with Crippen molar-refractivity contribution < 1.29 is 14.3 Å². The van der Waals surface area contributed by atoms with Crippen molar-refractivity contribution in [3.8, 4) is 0 Å². The van der Waals surface area contributed by atoms with E-state index in [-0.39, 0.29) is 23.4 Å². The van der Waals surface area contributed by atoms with Crippen LogP contribution >= 0.6 is 0 Å². The maximum Gasteiger partial charge on any atom is 0.193 e. The van der Waals surface area contributed by atoms with Crippen molar-refractivity contribution >= 4 is 8.32 Å². The van der Waals surface area contributed by atoms with Crippen molar-refractivity contribution in [2.24, 2.45) is 0 Å². The minimum Gasteiger partial charge on any atom is -0.408 e. The van der Waals surface area contributed by atoms with E-state index in [1.54, 1.807) is 6.08 Å². The summed E-state index contributed by atoms with van der Waals surface area (Å²) in [7, 11) is -1.93. The van der Waals surface area contributed by atoms with Gasteiger partial charge in [0.25, 0.3) is 0 Å². The molecule has 25 heavy (non-hydrogen) atoms. The Bertz CT molecular complexity index is 389. The van der Waals surface area contributed by atoms with E-state index in [0.29, 0.717) is 0 Å². The van der Waals surface area contributed by atoms with Crippen molar-refractivity contribution in [3.05, 3.63) is 12.7 Å². The van der Waals surface area contributed by atoms with Gasteiger partial charge in [0.2, 0.25) is 0 Å². The minimum atomic E-state index is -1.93. The lowest BCUT2D eigenvalue weighted by atomic mass is 10.0. The fraction of sp³-hybridized carbons (Fsp3) is 0.905. The number of aliphatic hydroxyl groups is 1. The summed E-state index contributed by atoms with van der Waals surface area (Å²) in [6.45, 7) is 17.2. The molecule has 1 rings (SSSR count). The predicted molar refractivity (Wildman–Crippen MR) is 110 cm³/mol. The molecule has 1 saturated heterocycles. The van der Waals surface area contributed by atoms with Crippen molar-refractivity contribution in [2.75, 3.05) is 0 Å². The molecular formula is C21H42O3Si. The first kappa shape index (κ1) is 22.9. The molecule has 4 heteroatoms. The van der Waals surface area contributed by atoms with Crippen LogP contribution < -0.4 is 0 Å². The number of unbranched alkanes of at least 4 members (excludes halogenated alkanes) is 6. The lowest BCUT2D eigenvalue weighted by molar-refractivity contribution is 0.0357. The van der Waals surface area contributed by atoms with E-state index >= 15 is 0 Å². The Balaban J connectivity index is 2.30. The number of hydrogen-bond donors (Lipinski definition) is 1. The zero-order valence-electron chi connectivity index (χ0n) is 17.5. The first-order chi connectivity index (χ1) is 11.6. The highest BCUT2D eigenvalue weighted by atomic mass is 28.4. The Morgan fingerprint density at radius 2 is 1.68 bits per heavy atom. The summed E-state index contributed by atoms with van der Waals surface area (Å²) in [5.74, 6) is 0. The van der Waals surface area contributed by atoms with Crippen molar-refractivity contribution in [1.82, 2.24) is 0 Å². The van der Waals surface area contributed by atoms with Crippen LogP contribution in [-0.2, 0) is 9.16 Å². The lowest BCUT2D eigenvalue weighted by Crippen LogP contribution is -2.47. The standard InChI is InChI=1S/C21H42O3Si/c1-8-10-11-12-13-14-15-16-18-20(23-18)19(22)17(9-2)24-25(6,7)21(3,4)5/h9,17-20,22H,2,8,10-16H2,1,3-7H3/t17-,18+,19+,20-/m1/s1. The van der Waals surface area contributed by atoms with Crippen LogP contribution in [0, 0.1) is 0 Å². The van der Waals surface area contributed by atoms with Crippen LogP contribution in [0.15, 0.2) is 12.7 Å². The first-order valence-electron chi connectivity index (χ1n) is 10.3. The van der Waals surface area contributed by atoms with E-state index in [9.17, 15) is 5.11 Å². The topological polar surface area (TPSA) is 42.0 Å². The average molecular weight is 371 g/mol. The summed E-state index contributed by atoms with van der Waals surface area (Å²) in [5, 5.41) is 10.8. The van der Waals surface area contributed by atoms with Crippen LogP contribution in [0.3, 0.4) is 0 Å². The molecule has 1 heterocycles. The Hall–Kier alpha value is -0.163. The summed E-state index contributed by atoms with van der Waals surface area (Å²) in [6, 6.07) is 0. The van der Waals surface area contributed by atoms with E-state index in [1.165, 1.54) is 44.9 Å². The largest absolute Gasteiger partial charge is 0.408 e. The van der Waals surface area contributed by atoms with Gasteiger partial charge < -0.3 is 14.3 Å². The Morgan fingerprint density at radius 1 is 1.12 bits per heavy atom. The second-order valence-electron chi connectivity index (χ2n) is 9.12. The Kier molecular flexibility index (Phi) is 9.37. The second kappa shape index (κ2) is 10.2. The normalized spacial score (nSPS) is 23.3. The zero-order chi connectivity index (χ0) is 19.1. The predicted octanol–water partition coefficient (Wildman–Crippen LogP) is 5.83. The van der Waals surface area contributed by atoms with Gasteiger partial charge in [0.15, 0.2) is 8.32 Å². The third kappa shape index (κ3) is 7.54. The SMILES string of the molecule is C=C[C@@H](O[Si](C)(C)C(C)(C)C)[C@H](O)[C@@H]1O[C@H]1CCCCCCCCC. The van der Waals surface area contributed by atoms with Gasteiger partial charge in [0.1, 0.15) is 12.2 Å². The molecule has 0 aliphatic carbocycles. The van der Waals surface area contributed by atoms with Gasteiger partial charge in [0, 0.05) is 0 Å². The van der Waals surface area contributed by atoms with Crippen LogP contribution in [-0.4, -0.2) is 37.8 Å². The molecule has 3 nitrogen and oxygen atoms in total. The highest BCUT2D eigenvalue weighted by Gasteiger charge is 2.48. The molecule has 1 aliphatic heterocycles. The lowest BCUT2D eigenvalue weighted by Gasteiger charge is -2.39. The fourth-order valence-corrected chi connectivity index (χ4v) is 4.22. The van der Waals surface area contributed by atoms with Crippen LogP contribution in [0.2, 0.25) is 18.1 Å². The number of aliphatic hydroxyl groups excluding tert-OH is 1. The van der Waals surface area contributed by atoms with Gasteiger partial charge in [-0.25, -0.2) is 0 Å². The molecule has 1 N–H and O–H groups in total. The summed E-state index contributed by atoms with van der Waals surface area (Å²) in [4.78, 5) is 0. The fourth-order valence-electron chi connectivity index (χ4n) is 2.95. The molecule has 1 aliphatic rings. The van der Waals surface area contributed by atoms with Crippen molar-refractivity contribution in [2.45, 2.75) is 122 Å². The van der Waals surface area contributed by atoms with Crippen LogP contribution in [0.25, 0.3) is 0 Å². The van der Waals surface area contributed by atoms with Crippen molar-refractivity contribution in [1.29, 1.82) is 0 Å². The van der Waals surface area contributed by atoms with Gasteiger partial charge >= 0.3 is 0 Å². The summed E-state index contributed by atoms with van der Waals surface area (Å²) < 4.78 is 12.1. The van der Waals surface area contributed by atoms with Gasteiger partial charge in [-0.3, -0.25) is 0 Å². The van der Waals surface area contributed by atoms with Gasteiger partial charge in [-0.1, -0.05) is 78.7 Å². The third-order valence-corrected chi connectivity index (χ3v) is 10.3. The van der Waals surface area contributed by atoms with Crippen LogP contribution in [0.4, 0.5) is 0 Å². The number of rotatable bonds is 13. The molecule has 148 valence electrons. The second-order valence-corrected chi connectivity index (χ2v) is 13.9. The van der Waals surface area contributed by atoms with E-state index in [0.717, 1.165) is 6.42 Å². The van der Waals surface area contributed by atoms with Crippen LogP contribution in [0.5, 0.6) is 0 Å². The summed E-state index contributed by atoms with van der Waals surface area (Å²) in [6.07, 6.45) is 11.2. The van der Waals surface area contributed by atoms with Gasteiger partial charge in [-0.2, -0.15) is 0 Å². The Morgan fingerprint density at radius 3 is 2.20 bits per heavy atom. The minimum absolute atomic E-state index is 0.0761. The highest BCUT2D eigenvalue weighted by Crippen LogP contribution is 2.39. The molecule has 0 unspecified atom stereocenters. The molecule has 0 radical (unpaired) electrons. The van der Waals surface area contributed by atoms with Gasteiger partial charge in [-0.05, 0) is 24.6 Å². The smallest absolute Gasteiger partial charge is 0.193 e.